The average Bonchev–Trinajstić information content (AvgIpc) is 2.18. The lowest BCUT2D eigenvalue weighted by atomic mass is 10.1. The highest BCUT2D eigenvalue weighted by Crippen LogP contribution is 2.19. The van der Waals surface area contributed by atoms with Crippen LogP contribution in [0.1, 0.15) is 27.7 Å². The molecule has 1 atom stereocenters. The SMILES string of the molecule is CCOc1cccc(N[C@H](C)C(C)C)c1. The molecule has 0 spiro atoms. The molecule has 2 heteroatoms. The minimum atomic E-state index is 0.474. The molecule has 1 aromatic rings. The van der Waals surface area contributed by atoms with Crippen molar-refractivity contribution in [2.24, 2.45) is 5.92 Å². The molecule has 0 fully saturated rings. The van der Waals surface area contributed by atoms with Gasteiger partial charge >= 0.3 is 0 Å². The van der Waals surface area contributed by atoms with Crippen LogP contribution in [0.15, 0.2) is 24.3 Å². The van der Waals surface area contributed by atoms with Crippen LogP contribution in [0, 0.1) is 5.92 Å². The minimum absolute atomic E-state index is 0.474. The van der Waals surface area contributed by atoms with Gasteiger partial charge in [0.05, 0.1) is 6.61 Å². The largest absolute Gasteiger partial charge is 0.494 e. The number of anilines is 1. The van der Waals surface area contributed by atoms with Gasteiger partial charge in [-0.2, -0.15) is 0 Å². The molecule has 2 nitrogen and oxygen atoms in total. The van der Waals surface area contributed by atoms with Gasteiger partial charge in [-0.05, 0) is 31.9 Å². The maximum absolute atomic E-state index is 5.45. The van der Waals surface area contributed by atoms with Crippen molar-refractivity contribution in [2.75, 3.05) is 11.9 Å². The molecule has 1 rings (SSSR count). The molecule has 84 valence electrons. The third-order valence-corrected chi connectivity index (χ3v) is 2.54. The van der Waals surface area contributed by atoms with E-state index in [2.05, 4.69) is 32.2 Å². The van der Waals surface area contributed by atoms with Crippen molar-refractivity contribution in [3.8, 4) is 5.75 Å². The molecule has 0 amide bonds. The second kappa shape index (κ2) is 5.64. The Kier molecular flexibility index (Phi) is 4.47. The lowest BCUT2D eigenvalue weighted by Crippen LogP contribution is -2.21. The molecule has 0 saturated carbocycles. The van der Waals surface area contributed by atoms with Crippen molar-refractivity contribution < 1.29 is 4.74 Å². The molecule has 1 aromatic carbocycles. The highest BCUT2D eigenvalue weighted by Gasteiger charge is 2.06. The quantitative estimate of drug-likeness (QED) is 0.797. The molecule has 0 saturated heterocycles. The summed E-state index contributed by atoms with van der Waals surface area (Å²) in [5, 5.41) is 3.46. The summed E-state index contributed by atoms with van der Waals surface area (Å²) in [7, 11) is 0. The lowest BCUT2D eigenvalue weighted by Gasteiger charge is -2.19. The summed E-state index contributed by atoms with van der Waals surface area (Å²) in [6.45, 7) is 9.33. The van der Waals surface area contributed by atoms with Crippen LogP contribution >= 0.6 is 0 Å². The van der Waals surface area contributed by atoms with E-state index in [0.717, 1.165) is 11.4 Å². The van der Waals surface area contributed by atoms with Gasteiger partial charge < -0.3 is 10.1 Å². The smallest absolute Gasteiger partial charge is 0.121 e. The number of hydrogen-bond acceptors (Lipinski definition) is 2. The molecule has 1 N–H and O–H groups in total. The molecule has 0 unspecified atom stereocenters. The second-order valence-corrected chi connectivity index (χ2v) is 4.14. The van der Waals surface area contributed by atoms with E-state index in [1.165, 1.54) is 0 Å². The van der Waals surface area contributed by atoms with E-state index < -0.39 is 0 Å². The third-order valence-electron chi connectivity index (χ3n) is 2.54. The Hall–Kier alpha value is -1.18. The van der Waals surface area contributed by atoms with E-state index in [4.69, 9.17) is 4.74 Å². The van der Waals surface area contributed by atoms with Crippen LogP contribution in [0.4, 0.5) is 5.69 Å². The van der Waals surface area contributed by atoms with E-state index in [-0.39, 0.29) is 0 Å². The van der Waals surface area contributed by atoms with Crippen LogP contribution in [-0.2, 0) is 0 Å². The Bertz CT molecular complexity index is 296. The first-order valence-electron chi connectivity index (χ1n) is 5.63. The van der Waals surface area contributed by atoms with Crippen LogP contribution in [0.25, 0.3) is 0 Å². The van der Waals surface area contributed by atoms with Gasteiger partial charge in [0.25, 0.3) is 0 Å². The zero-order valence-electron chi connectivity index (χ0n) is 10.1. The molecule has 0 aliphatic heterocycles. The minimum Gasteiger partial charge on any atom is -0.494 e. The summed E-state index contributed by atoms with van der Waals surface area (Å²) in [5.74, 6) is 1.55. The van der Waals surface area contributed by atoms with Crippen molar-refractivity contribution in [3.63, 3.8) is 0 Å². The molecule has 0 heterocycles. The molecular weight excluding hydrogens is 186 g/mol. The van der Waals surface area contributed by atoms with Crippen LogP contribution in [0.5, 0.6) is 5.75 Å². The summed E-state index contributed by atoms with van der Waals surface area (Å²) in [6.07, 6.45) is 0. The molecule has 0 aliphatic rings. The van der Waals surface area contributed by atoms with Gasteiger partial charge in [0.2, 0.25) is 0 Å². The first-order valence-corrected chi connectivity index (χ1v) is 5.63. The maximum Gasteiger partial charge on any atom is 0.121 e. The Morgan fingerprint density at radius 1 is 1.27 bits per heavy atom. The fraction of sp³-hybridized carbons (Fsp3) is 0.538. The molecular formula is C13H21NO. The highest BCUT2D eigenvalue weighted by molar-refractivity contribution is 5.48. The van der Waals surface area contributed by atoms with Gasteiger partial charge in [-0.1, -0.05) is 19.9 Å². The molecule has 0 bridgehead atoms. The average molecular weight is 207 g/mol. The predicted molar refractivity (Wildman–Crippen MR) is 65.5 cm³/mol. The number of nitrogens with one attached hydrogen (secondary N) is 1. The highest BCUT2D eigenvalue weighted by atomic mass is 16.5. The summed E-state index contributed by atoms with van der Waals surface area (Å²) >= 11 is 0. The van der Waals surface area contributed by atoms with Gasteiger partial charge in [0.1, 0.15) is 5.75 Å². The molecule has 0 radical (unpaired) electrons. The topological polar surface area (TPSA) is 21.3 Å². The Morgan fingerprint density at radius 3 is 2.60 bits per heavy atom. The Balaban J connectivity index is 2.64. The molecule has 15 heavy (non-hydrogen) atoms. The number of hydrogen-bond donors (Lipinski definition) is 1. The van der Waals surface area contributed by atoms with Crippen LogP contribution in [-0.4, -0.2) is 12.6 Å². The number of ether oxygens (including phenoxy) is 1. The molecule has 0 aliphatic carbocycles. The summed E-state index contributed by atoms with van der Waals surface area (Å²) in [4.78, 5) is 0. The van der Waals surface area contributed by atoms with Gasteiger partial charge in [-0.15, -0.1) is 0 Å². The standard InChI is InChI=1S/C13H21NO/c1-5-15-13-8-6-7-12(9-13)14-11(4)10(2)3/h6-11,14H,5H2,1-4H3/t11-/m1/s1. The van der Waals surface area contributed by atoms with Crippen molar-refractivity contribution in [1.82, 2.24) is 0 Å². The maximum atomic E-state index is 5.45. The first-order chi connectivity index (χ1) is 7.13. The first kappa shape index (κ1) is 11.9. The van der Waals surface area contributed by atoms with Gasteiger partial charge in [-0.3, -0.25) is 0 Å². The van der Waals surface area contributed by atoms with Crippen molar-refractivity contribution in [2.45, 2.75) is 33.7 Å². The Labute approximate surface area is 92.6 Å². The van der Waals surface area contributed by atoms with Crippen LogP contribution < -0.4 is 10.1 Å². The fourth-order valence-corrected chi connectivity index (χ4v) is 1.27. The Morgan fingerprint density at radius 2 is 2.00 bits per heavy atom. The summed E-state index contributed by atoms with van der Waals surface area (Å²) in [6, 6.07) is 8.58. The zero-order valence-corrected chi connectivity index (χ0v) is 10.1. The lowest BCUT2D eigenvalue weighted by molar-refractivity contribution is 0.340. The van der Waals surface area contributed by atoms with Crippen LogP contribution in [0.2, 0.25) is 0 Å². The van der Waals surface area contributed by atoms with Crippen molar-refractivity contribution >= 4 is 5.69 Å². The predicted octanol–water partition coefficient (Wildman–Crippen LogP) is 3.54. The van der Waals surface area contributed by atoms with Gasteiger partial charge in [0, 0.05) is 17.8 Å². The second-order valence-electron chi connectivity index (χ2n) is 4.14. The third kappa shape index (κ3) is 3.82. The normalized spacial score (nSPS) is 12.6. The van der Waals surface area contributed by atoms with E-state index in [1.54, 1.807) is 0 Å². The zero-order chi connectivity index (χ0) is 11.3. The number of benzene rings is 1. The van der Waals surface area contributed by atoms with Gasteiger partial charge in [0.15, 0.2) is 0 Å². The van der Waals surface area contributed by atoms with E-state index in [1.807, 2.05) is 25.1 Å². The van der Waals surface area contributed by atoms with Crippen molar-refractivity contribution in [3.05, 3.63) is 24.3 Å². The van der Waals surface area contributed by atoms with Crippen LogP contribution in [0.3, 0.4) is 0 Å². The van der Waals surface area contributed by atoms with Gasteiger partial charge in [-0.25, -0.2) is 0 Å². The summed E-state index contributed by atoms with van der Waals surface area (Å²) < 4.78 is 5.45. The fourth-order valence-electron chi connectivity index (χ4n) is 1.27. The van der Waals surface area contributed by atoms with Crippen molar-refractivity contribution in [1.29, 1.82) is 0 Å². The number of rotatable bonds is 5. The van der Waals surface area contributed by atoms with E-state index in [9.17, 15) is 0 Å². The summed E-state index contributed by atoms with van der Waals surface area (Å²) in [5.41, 5.74) is 1.13. The van der Waals surface area contributed by atoms with E-state index in [0.29, 0.717) is 18.6 Å². The van der Waals surface area contributed by atoms with E-state index >= 15 is 0 Å². The molecule has 0 aromatic heterocycles. The monoisotopic (exact) mass is 207 g/mol.